The molecule has 0 saturated carbocycles. The second-order valence-electron chi connectivity index (χ2n) is 10.6. The number of benzene rings is 3. The summed E-state index contributed by atoms with van der Waals surface area (Å²) in [6, 6.07) is 16.8. The number of allylic oxidation sites excluding steroid dienone is 2. The molecular weight excluding hydrogens is 571 g/mol. The lowest BCUT2D eigenvalue weighted by atomic mass is 9.95. The number of carbonyl (C=O) groups excluding carboxylic acids is 3. The van der Waals surface area contributed by atoms with E-state index in [0.717, 1.165) is 16.7 Å². The molecule has 0 N–H and O–H groups in total. The van der Waals surface area contributed by atoms with Crippen LogP contribution in [0.25, 0.3) is 11.1 Å². The van der Waals surface area contributed by atoms with E-state index in [1.165, 1.54) is 19.1 Å². The number of rotatable bonds is 10. The zero-order valence-corrected chi connectivity index (χ0v) is 26.1. The molecule has 6 nitrogen and oxygen atoms in total. The third-order valence-corrected chi connectivity index (χ3v) is 6.70. The molecule has 0 radical (unpaired) electrons. The van der Waals surface area contributed by atoms with Gasteiger partial charge in [0.1, 0.15) is 17.3 Å². The molecule has 0 unspecified atom stereocenters. The fraction of sp³-hybridized carbons (Fsp3) is 0.184. The van der Waals surface area contributed by atoms with E-state index in [1.807, 2.05) is 19.1 Å². The van der Waals surface area contributed by atoms with E-state index in [-0.39, 0.29) is 29.1 Å². The molecule has 45 heavy (non-hydrogen) atoms. The molecule has 0 aliphatic carbocycles. The number of hydrogen-bond donors (Lipinski definition) is 0. The Balaban J connectivity index is 1.91. The third-order valence-electron chi connectivity index (χ3n) is 6.70. The largest absolute Gasteiger partial charge is 0.462 e. The van der Waals surface area contributed by atoms with Crippen molar-refractivity contribution >= 4 is 29.1 Å². The first-order chi connectivity index (χ1) is 21.3. The molecule has 3 aromatic rings. The number of esters is 3. The first-order valence-corrected chi connectivity index (χ1v) is 14.1. The van der Waals surface area contributed by atoms with Crippen molar-refractivity contribution < 1.29 is 33.0 Å². The van der Waals surface area contributed by atoms with Gasteiger partial charge < -0.3 is 14.2 Å². The van der Waals surface area contributed by atoms with Crippen LogP contribution in [0.4, 0.5) is 4.39 Å². The van der Waals surface area contributed by atoms with Crippen LogP contribution >= 0.6 is 0 Å². The molecule has 0 amide bonds. The van der Waals surface area contributed by atoms with Crippen molar-refractivity contribution in [3.63, 3.8) is 0 Å². The monoisotopic (exact) mass is 606 g/mol. The zero-order valence-electron chi connectivity index (χ0n) is 26.1. The average Bonchev–Trinajstić information content (AvgIpc) is 3.01. The van der Waals surface area contributed by atoms with Crippen LogP contribution < -0.4 is 9.47 Å². The average molecular weight is 607 g/mol. The molecule has 0 aliphatic heterocycles. The highest BCUT2D eigenvalue weighted by Crippen LogP contribution is 2.34. The standard InChI is InChI=1S/C38H35FO6/c1-23(2)36(40)43-20-19-29-11-9-28(10-12-29)13-14-31-21-35(45-38(42)25(5)6)33(22-34(31)39)27(8)26(7)30-15-17-32(18-16-30)44-37(41)24(3)4/h9-12,15-18,21-22H,1,3,5,19-20H2,2,4,6-8H3/b27-26+. The van der Waals surface area contributed by atoms with Gasteiger partial charge in [0, 0.05) is 40.3 Å². The summed E-state index contributed by atoms with van der Waals surface area (Å²) in [6.07, 6.45) is 0.527. The summed E-state index contributed by atoms with van der Waals surface area (Å²) in [7, 11) is 0. The highest BCUT2D eigenvalue weighted by atomic mass is 19.1. The predicted octanol–water partition coefficient (Wildman–Crippen LogP) is 7.80. The van der Waals surface area contributed by atoms with E-state index < -0.39 is 23.7 Å². The van der Waals surface area contributed by atoms with Crippen LogP contribution in [0, 0.1) is 17.7 Å². The van der Waals surface area contributed by atoms with Gasteiger partial charge in [0.25, 0.3) is 0 Å². The van der Waals surface area contributed by atoms with Gasteiger partial charge >= 0.3 is 17.9 Å². The van der Waals surface area contributed by atoms with Gasteiger partial charge in [0.05, 0.1) is 12.2 Å². The molecule has 0 heterocycles. The summed E-state index contributed by atoms with van der Waals surface area (Å²) < 4.78 is 31.4. The van der Waals surface area contributed by atoms with Crippen molar-refractivity contribution in [1.82, 2.24) is 0 Å². The van der Waals surface area contributed by atoms with Crippen LogP contribution in [0.2, 0.25) is 0 Å². The molecule has 0 fully saturated rings. The fourth-order valence-electron chi connectivity index (χ4n) is 3.88. The number of carbonyl (C=O) groups is 3. The summed E-state index contributed by atoms with van der Waals surface area (Å²) in [6.45, 7) is 19.3. The van der Waals surface area contributed by atoms with Gasteiger partial charge in [-0.05, 0) is 87.2 Å². The van der Waals surface area contributed by atoms with Crippen LogP contribution in [-0.2, 0) is 25.5 Å². The highest BCUT2D eigenvalue weighted by molar-refractivity contribution is 5.94. The van der Waals surface area contributed by atoms with Crippen molar-refractivity contribution in [3.05, 3.63) is 131 Å². The molecule has 0 saturated heterocycles. The molecule has 0 aliphatic rings. The van der Waals surface area contributed by atoms with Gasteiger partial charge in [-0.25, -0.2) is 18.8 Å². The van der Waals surface area contributed by atoms with Gasteiger partial charge in [0.2, 0.25) is 0 Å². The third kappa shape index (κ3) is 9.50. The maximum atomic E-state index is 15.4. The minimum Gasteiger partial charge on any atom is -0.462 e. The van der Waals surface area contributed by atoms with Gasteiger partial charge in [0.15, 0.2) is 0 Å². The van der Waals surface area contributed by atoms with Gasteiger partial charge in [-0.2, -0.15) is 0 Å². The SMILES string of the molecule is C=C(C)C(=O)OCCc1ccc(C#Cc2cc(OC(=O)C(=C)C)c(/C(C)=C(\C)c3ccc(OC(=O)C(=C)C)cc3)cc2F)cc1. The summed E-state index contributed by atoms with van der Waals surface area (Å²) >= 11 is 0. The fourth-order valence-corrected chi connectivity index (χ4v) is 3.88. The maximum Gasteiger partial charge on any atom is 0.338 e. The highest BCUT2D eigenvalue weighted by Gasteiger charge is 2.17. The lowest BCUT2D eigenvalue weighted by Gasteiger charge is -2.15. The second-order valence-corrected chi connectivity index (χ2v) is 10.6. The Morgan fingerprint density at radius 2 is 1.29 bits per heavy atom. The van der Waals surface area contributed by atoms with Crippen molar-refractivity contribution in [2.45, 2.75) is 41.0 Å². The van der Waals surface area contributed by atoms with E-state index in [4.69, 9.17) is 14.2 Å². The Labute approximate surface area is 263 Å². The number of hydrogen-bond acceptors (Lipinski definition) is 6. The number of halogens is 1. The quantitative estimate of drug-likeness (QED) is 0.0771. The van der Waals surface area contributed by atoms with Gasteiger partial charge in [-0.15, -0.1) is 0 Å². The molecule has 0 atom stereocenters. The molecular formula is C38H35FO6. The zero-order chi connectivity index (χ0) is 33.3. The van der Waals surface area contributed by atoms with Crippen molar-refractivity contribution in [2.24, 2.45) is 0 Å². The Kier molecular flexibility index (Phi) is 11.6. The minimum absolute atomic E-state index is 0.0492. The Morgan fingerprint density at radius 1 is 0.711 bits per heavy atom. The molecule has 3 aromatic carbocycles. The Morgan fingerprint density at radius 3 is 1.87 bits per heavy atom. The van der Waals surface area contributed by atoms with E-state index in [0.29, 0.717) is 34.4 Å². The van der Waals surface area contributed by atoms with Crippen LogP contribution in [0.5, 0.6) is 11.5 Å². The maximum absolute atomic E-state index is 15.4. The second kappa shape index (κ2) is 15.3. The molecule has 0 spiro atoms. The first kappa shape index (κ1) is 34.0. The van der Waals surface area contributed by atoms with Gasteiger partial charge in [-0.1, -0.05) is 55.8 Å². The summed E-state index contributed by atoms with van der Waals surface area (Å²) in [5, 5.41) is 0. The molecule has 7 heteroatoms. The molecule has 0 aromatic heterocycles. The Bertz CT molecular complexity index is 1760. The topological polar surface area (TPSA) is 78.9 Å². The summed E-state index contributed by atoms with van der Waals surface area (Å²) in [4.78, 5) is 35.9. The van der Waals surface area contributed by atoms with Crippen molar-refractivity contribution in [3.8, 4) is 23.3 Å². The minimum atomic E-state index is -0.652. The van der Waals surface area contributed by atoms with E-state index >= 15 is 4.39 Å². The first-order valence-electron chi connectivity index (χ1n) is 14.1. The number of ether oxygens (including phenoxy) is 3. The lowest BCUT2D eigenvalue weighted by Crippen LogP contribution is -2.10. The normalized spacial score (nSPS) is 10.9. The summed E-state index contributed by atoms with van der Waals surface area (Å²) in [5.41, 5.74) is 5.06. The van der Waals surface area contributed by atoms with Crippen molar-refractivity contribution in [1.29, 1.82) is 0 Å². The van der Waals surface area contributed by atoms with E-state index in [9.17, 15) is 14.4 Å². The molecule has 3 rings (SSSR count). The van der Waals surface area contributed by atoms with Crippen LogP contribution in [0.15, 0.2) is 97.1 Å². The van der Waals surface area contributed by atoms with Crippen LogP contribution in [0.3, 0.4) is 0 Å². The van der Waals surface area contributed by atoms with E-state index in [1.54, 1.807) is 57.2 Å². The van der Waals surface area contributed by atoms with Crippen molar-refractivity contribution in [2.75, 3.05) is 6.61 Å². The summed E-state index contributed by atoms with van der Waals surface area (Å²) in [5.74, 6) is 4.09. The lowest BCUT2D eigenvalue weighted by molar-refractivity contribution is -0.139. The molecule has 230 valence electrons. The smallest absolute Gasteiger partial charge is 0.338 e. The molecule has 0 bridgehead atoms. The van der Waals surface area contributed by atoms with Crippen LogP contribution in [0.1, 0.15) is 62.4 Å². The Hall–Kier alpha value is -5.48. The van der Waals surface area contributed by atoms with E-state index in [2.05, 4.69) is 31.6 Å². The van der Waals surface area contributed by atoms with Crippen LogP contribution in [-0.4, -0.2) is 24.5 Å². The van der Waals surface area contributed by atoms with Gasteiger partial charge in [-0.3, -0.25) is 0 Å². The predicted molar refractivity (Wildman–Crippen MR) is 174 cm³/mol.